The van der Waals surface area contributed by atoms with Crippen LogP contribution in [0.2, 0.25) is 0 Å². The third-order valence-corrected chi connectivity index (χ3v) is 3.19. The number of anilines is 1. The van der Waals surface area contributed by atoms with E-state index in [2.05, 4.69) is 10.1 Å². The van der Waals surface area contributed by atoms with Crippen LogP contribution in [0.25, 0.3) is 0 Å². The molecule has 0 saturated carbocycles. The summed E-state index contributed by atoms with van der Waals surface area (Å²) in [6.07, 6.45) is 0. The molecule has 0 amide bonds. The van der Waals surface area contributed by atoms with Crippen molar-refractivity contribution in [2.45, 2.75) is 6.54 Å². The lowest BCUT2D eigenvalue weighted by Gasteiger charge is -2.29. The summed E-state index contributed by atoms with van der Waals surface area (Å²) in [5.41, 5.74) is -0.252. The highest BCUT2D eigenvalue weighted by Gasteiger charge is 2.24. The van der Waals surface area contributed by atoms with E-state index in [-0.39, 0.29) is 23.8 Å². The van der Waals surface area contributed by atoms with E-state index in [0.717, 1.165) is 4.57 Å². The average Bonchev–Trinajstić information content (AvgIpc) is 2.42. The first kappa shape index (κ1) is 13.3. The molecular formula is C11H16N4O4. The SMILES string of the molecule is COC(=O)CN1CNc2c(c(=O)n(C)c(=O)n2C)C1. The van der Waals surface area contributed by atoms with Gasteiger partial charge in [-0.1, -0.05) is 0 Å². The van der Waals surface area contributed by atoms with E-state index in [1.807, 2.05) is 0 Å². The van der Waals surface area contributed by atoms with Crippen molar-refractivity contribution in [3.63, 3.8) is 0 Å². The van der Waals surface area contributed by atoms with Crippen LogP contribution in [-0.2, 0) is 30.2 Å². The molecule has 0 fully saturated rings. The summed E-state index contributed by atoms with van der Waals surface area (Å²) in [4.78, 5) is 36.8. The summed E-state index contributed by atoms with van der Waals surface area (Å²) in [6, 6.07) is 0. The first-order valence-electron chi connectivity index (χ1n) is 5.77. The Balaban J connectivity index is 2.38. The maximum atomic E-state index is 12.1. The number of methoxy groups -OCH3 is 1. The highest BCUT2D eigenvalue weighted by molar-refractivity contribution is 5.71. The zero-order valence-corrected chi connectivity index (χ0v) is 11.1. The highest BCUT2D eigenvalue weighted by atomic mass is 16.5. The van der Waals surface area contributed by atoms with E-state index in [0.29, 0.717) is 24.6 Å². The van der Waals surface area contributed by atoms with Crippen molar-refractivity contribution < 1.29 is 9.53 Å². The van der Waals surface area contributed by atoms with Gasteiger partial charge < -0.3 is 10.1 Å². The first-order chi connectivity index (χ1) is 8.95. The first-order valence-corrected chi connectivity index (χ1v) is 5.77. The summed E-state index contributed by atoms with van der Waals surface area (Å²) in [5.74, 6) is 0.140. The third kappa shape index (κ3) is 2.26. The minimum Gasteiger partial charge on any atom is -0.468 e. The summed E-state index contributed by atoms with van der Waals surface area (Å²) in [7, 11) is 4.35. The number of hydrogen-bond acceptors (Lipinski definition) is 6. The maximum absolute atomic E-state index is 12.1. The van der Waals surface area contributed by atoms with Gasteiger partial charge in [-0.2, -0.15) is 0 Å². The molecule has 8 nitrogen and oxygen atoms in total. The lowest BCUT2D eigenvalue weighted by atomic mass is 10.2. The van der Waals surface area contributed by atoms with Crippen molar-refractivity contribution in [2.24, 2.45) is 14.1 Å². The Morgan fingerprint density at radius 2 is 2.00 bits per heavy atom. The van der Waals surface area contributed by atoms with Crippen LogP contribution in [0.1, 0.15) is 5.56 Å². The number of carbonyl (C=O) groups is 1. The molecule has 0 bridgehead atoms. The lowest BCUT2D eigenvalue weighted by Crippen LogP contribution is -2.47. The second-order valence-corrected chi connectivity index (χ2v) is 4.43. The van der Waals surface area contributed by atoms with Crippen LogP contribution >= 0.6 is 0 Å². The van der Waals surface area contributed by atoms with Crippen molar-refractivity contribution in [2.75, 3.05) is 25.6 Å². The summed E-state index contributed by atoms with van der Waals surface area (Å²) >= 11 is 0. The van der Waals surface area contributed by atoms with Crippen molar-refractivity contribution in [3.05, 3.63) is 26.4 Å². The summed E-state index contributed by atoms with van der Waals surface area (Å²) in [6.45, 7) is 0.774. The molecule has 0 unspecified atom stereocenters. The quantitative estimate of drug-likeness (QED) is 0.653. The molecule has 2 heterocycles. The Kier molecular flexibility index (Phi) is 3.43. The van der Waals surface area contributed by atoms with E-state index < -0.39 is 0 Å². The van der Waals surface area contributed by atoms with Gasteiger partial charge >= 0.3 is 11.7 Å². The van der Waals surface area contributed by atoms with Crippen LogP contribution in [-0.4, -0.2) is 40.3 Å². The largest absolute Gasteiger partial charge is 0.468 e. The Morgan fingerprint density at radius 3 is 2.63 bits per heavy atom. The van der Waals surface area contributed by atoms with E-state index >= 15 is 0 Å². The molecular weight excluding hydrogens is 252 g/mol. The molecule has 1 aliphatic rings. The zero-order valence-electron chi connectivity index (χ0n) is 11.1. The lowest BCUT2D eigenvalue weighted by molar-refractivity contribution is -0.142. The van der Waals surface area contributed by atoms with Crippen molar-refractivity contribution in [1.82, 2.24) is 14.0 Å². The van der Waals surface area contributed by atoms with Crippen LogP contribution in [0.3, 0.4) is 0 Å². The predicted octanol–water partition coefficient (Wildman–Crippen LogP) is -1.56. The van der Waals surface area contributed by atoms with Gasteiger partial charge in [0.15, 0.2) is 0 Å². The maximum Gasteiger partial charge on any atom is 0.332 e. The van der Waals surface area contributed by atoms with Crippen LogP contribution in [0.5, 0.6) is 0 Å². The van der Waals surface area contributed by atoms with E-state index in [9.17, 15) is 14.4 Å². The van der Waals surface area contributed by atoms with Crippen LogP contribution < -0.4 is 16.6 Å². The standard InChI is InChI=1S/C11H16N4O4/c1-13-9-7(10(17)14(2)11(13)18)4-15(6-12-9)5-8(16)19-3/h12H,4-6H2,1-3H3. The molecule has 1 aromatic rings. The van der Waals surface area contributed by atoms with Gasteiger partial charge in [0.2, 0.25) is 0 Å². The predicted molar refractivity (Wildman–Crippen MR) is 67.8 cm³/mol. The highest BCUT2D eigenvalue weighted by Crippen LogP contribution is 2.16. The molecule has 8 heteroatoms. The fourth-order valence-electron chi connectivity index (χ4n) is 2.11. The Hall–Kier alpha value is -2.09. The monoisotopic (exact) mass is 268 g/mol. The van der Waals surface area contributed by atoms with Crippen LogP contribution in [0.15, 0.2) is 9.59 Å². The Labute approximate surface area is 109 Å². The number of nitrogens with one attached hydrogen (secondary N) is 1. The topological polar surface area (TPSA) is 85.6 Å². The molecule has 1 N–H and O–H groups in total. The minimum atomic E-state index is -0.377. The number of ether oxygens (including phenoxy) is 1. The van der Waals surface area contributed by atoms with Crippen molar-refractivity contribution in [3.8, 4) is 0 Å². The molecule has 0 aromatic carbocycles. The number of rotatable bonds is 2. The number of aromatic nitrogens is 2. The number of esters is 1. The zero-order chi connectivity index (χ0) is 14.2. The van der Waals surface area contributed by atoms with Gasteiger partial charge in [-0.25, -0.2) is 4.79 Å². The Bertz CT molecular complexity index is 631. The van der Waals surface area contributed by atoms with Crippen molar-refractivity contribution >= 4 is 11.8 Å². The van der Waals surface area contributed by atoms with Gasteiger partial charge in [-0.3, -0.25) is 23.6 Å². The fourth-order valence-corrected chi connectivity index (χ4v) is 2.11. The van der Waals surface area contributed by atoms with E-state index in [4.69, 9.17) is 0 Å². The van der Waals surface area contributed by atoms with Gasteiger partial charge in [0.05, 0.1) is 25.9 Å². The van der Waals surface area contributed by atoms with Crippen LogP contribution in [0.4, 0.5) is 5.82 Å². The van der Waals surface area contributed by atoms with Gasteiger partial charge in [-0.15, -0.1) is 0 Å². The normalized spacial score (nSPS) is 14.7. The number of carbonyl (C=O) groups excluding carboxylic acids is 1. The average molecular weight is 268 g/mol. The number of fused-ring (bicyclic) bond motifs is 1. The molecule has 104 valence electrons. The van der Waals surface area contributed by atoms with Gasteiger partial charge in [0.25, 0.3) is 5.56 Å². The fraction of sp³-hybridized carbons (Fsp3) is 0.545. The summed E-state index contributed by atoms with van der Waals surface area (Å²) < 4.78 is 7.04. The second kappa shape index (κ2) is 4.88. The van der Waals surface area contributed by atoms with Crippen molar-refractivity contribution in [1.29, 1.82) is 0 Å². The molecule has 0 atom stereocenters. The molecule has 0 saturated heterocycles. The van der Waals surface area contributed by atoms with Gasteiger partial charge in [0, 0.05) is 20.6 Å². The van der Waals surface area contributed by atoms with Gasteiger partial charge in [-0.05, 0) is 0 Å². The van der Waals surface area contributed by atoms with Crippen LogP contribution in [0, 0.1) is 0 Å². The van der Waals surface area contributed by atoms with E-state index in [1.165, 1.54) is 18.7 Å². The minimum absolute atomic E-state index is 0.0922. The molecule has 1 aliphatic heterocycles. The van der Waals surface area contributed by atoms with E-state index in [1.54, 1.807) is 11.9 Å². The smallest absolute Gasteiger partial charge is 0.332 e. The molecule has 0 spiro atoms. The summed E-state index contributed by atoms with van der Waals surface area (Å²) in [5, 5.41) is 2.99. The molecule has 0 radical (unpaired) electrons. The van der Waals surface area contributed by atoms with Gasteiger partial charge in [0.1, 0.15) is 5.82 Å². The molecule has 1 aromatic heterocycles. The molecule has 19 heavy (non-hydrogen) atoms. The number of nitrogens with zero attached hydrogens (tertiary/aromatic N) is 3. The number of hydrogen-bond donors (Lipinski definition) is 1. The molecule has 2 rings (SSSR count). The Morgan fingerprint density at radius 1 is 1.32 bits per heavy atom. The third-order valence-electron chi connectivity index (χ3n) is 3.19. The molecule has 0 aliphatic carbocycles. The second-order valence-electron chi connectivity index (χ2n) is 4.43.